The molecule has 0 unspecified atom stereocenters. The van der Waals surface area contributed by atoms with E-state index < -0.39 is 0 Å². The van der Waals surface area contributed by atoms with Crippen molar-refractivity contribution in [2.45, 2.75) is 72.1 Å². The molecule has 0 saturated heterocycles. The molecule has 1 radical (unpaired) electrons. The number of furan rings is 1. The third kappa shape index (κ3) is 5.84. The average Bonchev–Trinajstić information content (AvgIpc) is 3.29. The van der Waals surface area contributed by atoms with Crippen molar-refractivity contribution < 1.29 is 34.4 Å². The quantitative estimate of drug-likeness (QED) is 0.108. The molecule has 7 rings (SSSR count). The molecule has 0 bridgehead atoms. The molecule has 0 atom stereocenters. The number of allylic oxidation sites excluding steroid dienone is 2. The van der Waals surface area contributed by atoms with Crippen LogP contribution >= 0.6 is 0 Å². The molecule has 0 saturated carbocycles. The predicted octanol–water partition coefficient (Wildman–Crippen LogP) is 10.4. The van der Waals surface area contributed by atoms with Crippen LogP contribution in [0.4, 0.5) is 0 Å². The number of carbonyl (C=O) groups is 1. The second kappa shape index (κ2) is 11.6. The summed E-state index contributed by atoms with van der Waals surface area (Å²) in [6.07, 6.45) is 5.45. The Balaban J connectivity index is 0.000000433. The number of aliphatic hydroxyl groups is 1. The summed E-state index contributed by atoms with van der Waals surface area (Å²) in [6.45, 7) is 14.5. The minimum Gasteiger partial charge on any atom is -0.512 e. The van der Waals surface area contributed by atoms with Gasteiger partial charge in [0.2, 0.25) is 0 Å². The molecule has 2 aromatic heterocycles. The SMILES string of the molecule is CC(=O)/C=C(/C)O.Cc1ccc2[c-]c(-c3nccc4cc5oc6cc7c(cc6c5cc34)C(C)(C)CCC7(C)C)ccc2c1.[Ir]. The number of hydrogen-bond donors (Lipinski definition) is 1. The third-order valence-electron chi connectivity index (χ3n) is 8.90. The second-order valence-electron chi connectivity index (χ2n) is 13.4. The van der Waals surface area contributed by atoms with Crippen molar-refractivity contribution in [1.29, 1.82) is 0 Å². The Morgan fingerprint density at radius 3 is 2.16 bits per heavy atom. The van der Waals surface area contributed by atoms with Crippen molar-refractivity contribution in [2.24, 2.45) is 0 Å². The molecule has 227 valence electrons. The minimum atomic E-state index is -0.125. The van der Waals surface area contributed by atoms with Gasteiger partial charge < -0.3 is 9.52 Å². The zero-order valence-electron chi connectivity index (χ0n) is 26.4. The van der Waals surface area contributed by atoms with Crippen LogP contribution in [0.1, 0.15) is 71.1 Å². The molecule has 5 heteroatoms. The summed E-state index contributed by atoms with van der Waals surface area (Å²) in [7, 11) is 0. The Labute approximate surface area is 272 Å². The molecule has 0 fully saturated rings. The first-order chi connectivity index (χ1) is 20.3. The standard InChI is InChI=1S/C34H30NO.C5H8O2.Ir/c1-20-6-7-22-15-24(9-8-21(22)14-20)32-25-17-26-27-18-28-29(34(4,5)12-11-33(28,2)3)19-31(27)36-30(26)16-23(25)10-13-35-32;1-4(6)3-5(2)7;/h6-10,13-14,16-19H,11-12H2,1-5H3;3,6H,1-2H3;/q-1;;/b;4-3-;. The number of aromatic nitrogens is 1. The molecule has 4 nitrogen and oxygen atoms in total. The Hall–Kier alpha value is -3.79. The summed E-state index contributed by atoms with van der Waals surface area (Å²) in [4.78, 5) is 14.8. The second-order valence-corrected chi connectivity index (χ2v) is 13.4. The van der Waals surface area contributed by atoms with Crippen molar-refractivity contribution >= 4 is 49.3 Å². The van der Waals surface area contributed by atoms with E-state index in [1.54, 1.807) is 0 Å². The summed E-state index contributed by atoms with van der Waals surface area (Å²) < 4.78 is 6.47. The molecule has 6 aromatic rings. The van der Waals surface area contributed by atoms with Gasteiger partial charge in [-0.15, -0.1) is 29.7 Å². The van der Waals surface area contributed by atoms with E-state index in [2.05, 4.69) is 101 Å². The van der Waals surface area contributed by atoms with Gasteiger partial charge in [-0.25, -0.2) is 0 Å². The number of carbonyl (C=O) groups excluding carboxylic acids is 1. The summed E-state index contributed by atoms with van der Waals surface area (Å²) in [5.74, 6) is -0.0625. The van der Waals surface area contributed by atoms with Crippen LogP contribution in [0.5, 0.6) is 0 Å². The molecule has 4 aromatic carbocycles. The molecule has 0 amide bonds. The van der Waals surface area contributed by atoms with Crippen molar-refractivity contribution in [1.82, 2.24) is 4.98 Å². The number of rotatable bonds is 2. The number of aryl methyl sites for hydroxylation is 1. The fourth-order valence-electron chi connectivity index (χ4n) is 6.44. The Morgan fingerprint density at radius 1 is 0.841 bits per heavy atom. The van der Waals surface area contributed by atoms with Gasteiger partial charge in [0, 0.05) is 48.8 Å². The summed E-state index contributed by atoms with van der Waals surface area (Å²) in [5.41, 5.74) is 8.36. The van der Waals surface area contributed by atoms with Gasteiger partial charge in [0.15, 0.2) is 5.78 Å². The van der Waals surface area contributed by atoms with Gasteiger partial charge >= 0.3 is 0 Å². The van der Waals surface area contributed by atoms with Gasteiger partial charge in [-0.1, -0.05) is 56.3 Å². The van der Waals surface area contributed by atoms with E-state index in [4.69, 9.17) is 14.5 Å². The maximum Gasteiger partial charge on any atom is 0.155 e. The fraction of sp³-hybridized carbons (Fsp3) is 0.282. The van der Waals surface area contributed by atoms with E-state index in [0.717, 1.165) is 44.0 Å². The van der Waals surface area contributed by atoms with Crippen LogP contribution in [0.25, 0.3) is 54.7 Å². The van der Waals surface area contributed by atoms with Crippen molar-refractivity contribution in [3.8, 4) is 11.3 Å². The van der Waals surface area contributed by atoms with Crippen molar-refractivity contribution in [3.63, 3.8) is 0 Å². The zero-order valence-corrected chi connectivity index (χ0v) is 28.8. The molecule has 1 aliphatic rings. The smallest absolute Gasteiger partial charge is 0.155 e. The average molecular weight is 761 g/mol. The summed E-state index contributed by atoms with van der Waals surface area (Å²) >= 11 is 0. The number of aliphatic hydroxyl groups excluding tert-OH is 1. The van der Waals surface area contributed by atoms with Gasteiger partial charge in [-0.2, -0.15) is 0 Å². The molecule has 1 N–H and O–H groups in total. The van der Waals surface area contributed by atoms with Crippen LogP contribution in [-0.2, 0) is 35.7 Å². The van der Waals surface area contributed by atoms with Crippen LogP contribution in [0.3, 0.4) is 0 Å². The van der Waals surface area contributed by atoms with Crippen molar-refractivity contribution in [3.05, 3.63) is 101 Å². The molecular formula is C39H38IrNO3-. The molecule has 1 aliphatic carbocycles. The largest absolute Gasteiger partial charge is 0.512 e. The number of fused-ring (bicyclic) bond motifs is 6. The Bertz CT molecular complexity index is 2090. The number of nitrogens with zero attached hydrogens (tertiary/aromatic N) is 1. The van der Waals surface area contributed by atoms with Crippen LogP contribution in [0, 0.1) is 13.0 Å². The Kier molecular flexibility index (Phi) is 8.35. The third-order valence-corrected chi connectivity index (χ3v) is 8.90. The van der Waals surface area contributed by atoms with Gasteiger partial charge in [0.05, 0.1) is 5.76 Å². The minimum absolute atomic E-state index is 0. The van der Waals surface area contributed by atoms with Gasteiger partial charge in [0.1, 0.15) is 11.2 Å². The number of pyridine rings is 1. The van der Waals surface area contributed by atoms with E-state index in [0.29, 0.717) is 0 Å². The first-order valence-electron chi connectivity index (χ1n) is 14.9. The van der Waals surface area contributed by atoms with Crippen LogP contribution in [0.15, 0.2) is 83.1 Å². The predicted molar refractivity (Wildman–Crippen MR) is 178 cm³/mol. The Morgan fingerprint density at radius 2 is 1.50 bits per heavy atom. The van der Waals surface area contributed by atoms with E-state index >= 15 is 0 Å². The maximum atomic E-state index is 10.0. The van der Waals surface area contributed by atoms with Gasteiger partial charge in [0.25, 0.3) is 0 Å². The topological polar surface area (TPSA) is 63.3 Å². The van der Waals surface area contributed by atoms with Crippen LogP contribution in [0.2, 0.25) is 0 Å². The summed E-state index contributed by atoms with van der Waals surface area (Å²) in [5, 5.41) is 15.3. The molecular weight excluding hydrogens is 723 g/mol. The monoisotopic (exact) mass is 761 g/mol. The first kappa shape index (κ1) is 31.6. The molecule has 0 spiro atoms. The van der Waals surface area contributed by atoms with E-state index in [1.165, 1.54) is 60.2 Å². The van der Waals surface area contributed by atoms with E-state index in [-0.39, 0.29) is 42.5 Å². The molecule has 0 aliphatic heterocycles. The van der Waals surface area contributed by atoms with Gasteiger partial charge in [-0.05, 0) is 96.7 Å². The maximum absolute atomic E-state index is 10.0. The number of ketones is 1. The molecule has 2 heterocycles. The van der Waals surface area contributed by atoms with E-state index in [9.17, 15) is 4.79 Å². The number of benzene rings is 4. The first-order valence-corrected chi connectivity index (χ1v) is 14.9. The fourth-order valence-corrected chi connectivity index (χ4v) is 6.44. The van der Waals surface area contributed by atoms with Crippen LogP contribution in [-0.4, -0.2) is 15.9 Å². The van der Waals surface area contributed by atoms with Crippen LogP contribution < -0.4 is 0 Å². The van der Waals surface area contributed by atoms with Gasteiger partial charge in [-0.3, -0.25) is 9.78 Å². The molecule has 44 heavy (non-hydrogen) atoms. The normalized spacial score (nSPS) is 15.5. The summed E-state index contributed by atoms with van der Waals surface area (Å²) in [6, 6.07) is 25.7. The number of hydrogen-bond acceptors (Lipinski definition) is 4. The zero-order chi connectivity index (χ0) is 30.7. The van der Waals surface area contributed by atoms with Crippen molar-refractivity contribution in [2.75, 3.05) is 0 Å². The van der Waals surface area contributed by atoms with E-state index in [1.807, 2.05) is 6.20 Å².